The van der Waals surface area contributed by atoms with Crippen LogP contribution in [0.2, 0.25) is 0 Å². The zero-order valence-corrected chi connectivity index (χ0v) is 17.1. The van der Waals surface area contributed by atoms with E-state index >= 15 is 0 Å². The maximum absolute atomic E-state index is 10.2. The minimum absolute atomic E-state index is 0. The van der Waals surface area contributed by atoms with Gasteiger partial charge in [-0.05, 0) is 6.92 Å². The molecular formula is C5H10Na3O8P. The molecule has 0 atom stereocenters. The van der Waals surface area contributed by atoms with E-state index in [1.165, 1.54) is 6.92 Å². The van der Waals surface area contributed by atoms with Gasteiger partial charge in [0.15, 0.2) is 0 Å². The van der Waals surface area contributed by atoms with E-state index in [0.717, 1.165) is 0 Å². The van der Waals surface area contributed by atoms with Gasteiger partial charge in [0.05, 0.1) is 13.2 Å². The second-order valence-electron chi connectivity index (χ2n) is 2.63. The Morgan fingerprint density at radius 3 is 1.29 bits per heavy atom. The third-order valence-corrected chi connectivity index (χ3v) is 1.21. The minimum atomic E-state index is -5.39. The molecule has 0 aromatic heterocycles. The largest absolute Gasteiger partial charge is 1.00 e. The van der Waals surface area contributed by atoms with Crippen LogP contribution in [0.15, 0.2) is 0 Å². The molecule has 0 heterocycles. The van der Waals surface area contributed by atoms with E-state index in [9.17, 15) is 4.79 Å². The van der Waals surface area contributed by atoms with Crippen molar-refractivity contribution in [3.8, 4) is 0 Å². The summed E-state index contributed by atoms with van der Waals surface area (Å²) in [6.07, 6.45) is 0. The van der Waals surface area contributed by atoms with Crippen LogP contribution in [-0.4, -0.2) is 34.5 Å². The summed E-state index contributed by atoms with van der Waals surface area (Å²) < 4.78 is 8.55. The van der Waals surface area contributed by atoms with Gasteiger partial charge in [0, 0.05) is 0 Å². The molecule has 0 radical (unpaired) electrons. The first-order valence-electron chi connectivity index (χ1n) is 3.25. The molecule has 0 aromatic rings. The molecule has 0 aliphatic heterocycles. The summed E-state index contributed by atoms with van der Waals surface area (Å²) in [6, 6.07) is 0. The zero-order valence-electron chi connectivity index (χ0n) is 10.2. The zero-order chi connectivity index (χ0) is 12.0. The monoisotopic (exact) mass is 298 g/mol. The van der Waals surface area contributed by atoms with E-state index in [-0.39, 0.29) is 88.7 Å². The molecule has 86 valence electrons. The smallest absolute Gasteiger partial charge is 0.822 e. The summed E-state index contributed by atoms with van der Waals surface area (Å²) >= 11 is 0. The van der Waals surface area contributed by atoms with Gasteiger partial charge in [-0.1, -0.05) is 0 Å². The van der Waals surface area contributed by atoms with Crippen LogP contribution in [0.4, 0.5) is 0 Å². The van der Waals surface area contributed by atoms with Crippen LogP contribution in [0.3, 0.4) is 0 Å². The third kappa shape index (κ3) is 24.0. The van der Waals surface area contributed by atoms with Crippen molar-refractivity contribution in [3.05, 3.63) is 0 Å². The van der Waals surface area contributed by atoms with Crippen molar-refractivity contribution in [1.82, 2.24) is 0 Å². The van der Waals surface area contributed by atoms with Crippen molar-refractivity contribution < 1.29 is 128 Å². The Morgan fingerprint density at radius 1 is 1.12 bits per heavy atom. The van der Waals surface area contributed by atoms with Crippen LogP contribution >= 0.6 is 7.82 Å². The van der Waals surface area contributed by atoms with E-state index in [4.69, 9.17) is 34.6 Å². The molecule has 0 spiro atoms. The van der Waals surface area contributed by atoms with Crippen molar-refractivity contribution >= 4 is 13.8 Å². The molecule has 0 amide bonds. The standard InChI is InChI=1S/C5H10O4.3Na.H3O4P/c1-5(2-6,3-7)4(8)9;;;;1-5(2,3)4/h6-7H,2-3H2,1H3,(H,8,9);;;;(H3,1,2,3,4)/q;3*+1;/p-3. The summed E-state index contributed by atoms with van der Waals surface area (Å²) in [6.45, 7) is 0.187. The first-order valence-corrected chi connectivity index (χ1v) is 4.71. The van der Waals surface area contributed by atoms with Crippen LogP contribution in [-0.2, 0) is 9.36 Å². The number of hydrogen-bond donors (Lipinski definition) is 3. The Morgan fingerprint density at radius 2 is 1.29 bits per heavy atom. The second-order valence-corrected chi connectivity index (χ2v) is 3.52. The van der Waals surface area contributed by atoms with Gasteiger partial charge in [0.1, 0.15) is 5.41 Å². The van der Waals surface area contributed by atoms with Crippen LogP contribution in [0.5, 0.6) is 0 Å². The second kappa shape index (κ2) is 14.9. The van der Waals surface area contributed by atoms with E-state index in [1.54, 1.807) is 0 Å². The molecule has 0 saturated carbocycles. The summed E-state index contributed by atoms with van der Waals surface area (Å²) in [4.78, 5) is 35.8. The van der Waals surface area contributed by atoms with Gasteiger partial charge in [0.25, 0.3) is 0 Å². The van der Waals surface area contributed by atoms with Crippen molar-refractivity contribution in [2.24, 2.45) is 5.41 Å². The van der Waals surface area contributed by atoms with Gasteiger partial charge in [-0.2, -0.15) is 7.82 Å². The molecule has 0 fully saturated rings. The third-order valence-electron chi connectivity index (χ3n) is 1.21. The van der Waals surface area contributed by atoms with E-state index in [0.29, 0.717) is 0 Å². The molecule has 0 aliphatic rings. The molecule has 0 rings (SSSR count). The summed E-state index contributed by atoms with van der Waals surface area (Å²) in [5.41, 5.74) is -1.39. The molecule has 0 aliphatic carbocycles. The molecule has 0 saturated heterocycles. The molecule has 3 N–H and O–H groups in total. The van der Waals surface area contributed by atoms with E-state index < -0.39 is 32.4 Å². The molecule has 8 nitrogen and oxygen atoms in total. The Kier molecular flexibility index (Phi) is 27.8. The molecule has 0 unspecified atom stereocenters. The fourth-order valence-corrected chi connectivity index (χ4v) is 0.185. The Bertz CT molecular complexity index is 219. The van der Waals surface area contributed by atoms with Crippen molar-refractivity contribution in [2.45, 2.75) is 6.92 Å². The number of carboxylic acid groups (broad SMARTS) is 1. The van der Waals surface area contributed by atoms with Crippen molar-refractivity contribution in [3.63, 3.8) is 0 Å². The quantitative estimate of drug-likeness (QED) is 0.341. The van der Waals surface area contributed by atoms with Gasteiger partial charge in [0.2, 0.25) is 0 Å². The number of aliphatic hydroxyl groups is 2. The van der Waals surface area contributed by atoms with Crippen LogP contribution in [0.25, 0.3) is 0 Å². The molecule has 12 heteroatoms. The fraction of sp³-hybridized carbons (Fsp3) is 0.800. The predicted octanol–water partition coefficient (Wildman–Crippen LogP) is -12.8. The molecule has 17 heavy (non-hydrogen) atoms. The Hall–Kier alpha value is 2.50. The van der Waals surface area contributed by atoms with Crippen LogP contribution < -0.4 is 103 Å². The number of aliphatic carboxylic acids is 1. The molecule has 0 aromatic carbocycles. The van der Waals surface area contributed by atoms with Gasteiger partial charge in [-0.25, -0.2) is 0 Å². The SMILES string of the molecule is CC(CO)(CO)C(=O)O.O=P([O-])([O-])[O-].[Na+].[Na+].[Na+]. The number of phosphoric acid groups is 1. The van der Waals surface area contributed by atoms with Crippen LogP contribution in [0, 0.1) is 5.41 Å². The van der Waals surface area contributed by atoms with E-state index in [2.05, 4.69) is 0 Å². The average molecular weight is 298 g/mol. The number of rotatable bonds is 3. The summed E-state index contributed by atoms with van der Waals surface area (Å²) in [7, 11) is -5.39. The Balaban J connectivity index is -0.0000000533. The topological polar surface area (TPSA) is 164 Å². The average Bonchev–Trinajstić information content (AvgIpc) is 1.99. The number of aliphatic hydroxyl groups excluding tert-OH is 2. The maximum atomic E-state index is 10.2. The van der Waals surface area contributed by atoms with Crippen molar-refractivity contribution in [2.75, 3.05) is 13.2 Å². The first-order chi connectivity index (χ1) is 6.06. The summed E-state index contributed by atoms with van der Waals surface area (Å²) in [5.74, 6) is -1.19. The normalized spacial score (nSPS) is 9.53. The van der Waals surface area contributed by atoms with E-state index in [1.807, 2.05) is 0 Å². The predicted molar refractivity (Wildman–Crippen MR) is 37.5 cm³/mol. The van der Waals surface area contributed by atoms with Gasteiger partial charge < -0.3 is 34.6 Å². The first kappa shape index (κ1) is 31.7. The number of carboxylic acids is 1. The Labute approximate surface area is 165 Å². The molecule has 0 bridgehead atoms. The summed E-state index contributed by atoms with van der Waals surface area (Å²) in [5, 5.41) is 25.1. The van der Waals surface area contributed by atoms with Crippen molar-refractivity contribution in [1.29, 1.82) is 0 Å². The minimum Gasteiger partial charge on any atom is -0.822 e. The number of carbonyl (C=O) groups is 1. The fourth-order valence-electron chi connectivity index (χ4n) is 0.185. The number of hydrogen-bond acceptors (Lipinski definition) is 7. The molecular weight excluding hydrogens is 288 g/mol. The maximum Gasteiger partial charge on any atom is 1.00 e. The van der Waals surface area contributed by atoms with Gasteiger partial charge >= 0.3 is 94.6 Å². The van der Waals surface area contributed by atoms with Crippen LogP contribution in [0.1, 0.15) is 6.92 Å². The van der Waals surface area contributed by atoms with Gasteiger partial charge in [-0.15, -0.1) is 0 Å². The van der Waals surface area contributed by atoms with Gasteiger partial charge in [-0.3, -0.25) is 4.79 Å².